The highest BCUT2D eigenvalue weighted by Gasteiger charge is 2.21. The van der Waals surface area contributed by atoms with Crippen LogP contribution in [0.25, 0.3) is 0 Å². The van der Waals surface area contributed by atoms with Gasteiger partial charge >= 0.3 is 11.9 Å². The van der Waals surface area contributed by atoms with Gasteiger partial charge in [-0.25, -0.2) is 0 Å². The maximum absolute atomic E-state index is 12.6. The summed E-state index contributed by atoms with van der Waals surface area (Å²) in [6, 6.07) is 0. The summed E-state index contributed by atoms with van der Waals surface area (Å²) in [5, 5.41) is 0. The molecule has 0 bridgehead atoms. The molecule has 0 aromatic carbocycles. The molecule has 0 N–H and O–H groups in total. The van der Waals surface area contributed by atoms with Crippen molar-refractivity contribution in [3.8, 4) is 0 Å². The van der Waals surface area contributed by atoms with Gasteiger partial charge in [0.15, 0.2) is 6.10 Å². The molecule has 0 aliphatic heterocycles. The molecule has 0 saturated heterocycles. The number of hydrogen-bond donors (Lipinski definition) is 0. The number of quaternary nitrogens is 1. The van der Waals surface area contributed by atoms with E-state index >= 15 is 0 Å². The predicted octanol–water partition coefficient (Wildman–Crippen LogP) is 11.8. The second kappa shape index (κ2) is 38.2. The van der Waals surface area contributed by atoms with Gasteiger partial charge in [-0.1, -0.05) is 139 Å². The Labute approximate surface area is 343 Å². The molecule has 0 aromatic rings. The number of rotatable bonds is 39. The summed E-state index contributed by atoms with van der Waals surface area (Å²) in [5.41, 5.74) is 0. The van der Waals surface area contributed by atoms with Crippen molar-refractivity contribution in [2.24, 2.45) is 0 Å². The van der Waals surface area contributed by atoms with Crippen LogP contribution in [-0.4, -0.2) is 70.0 Å². The second-order valence-electron chi connectivity index (χ2n) is 15.7. The number of unbranched alkanes of at least 4 members (excludes halogenated alkanes) is 15. The van der Waals surface area contributed by atoms with Crippen LogP contribution in [0.2, 0.25) is 0 Å². The minimum atomic E-state index is -4.64. The molecule has 0 aromatic heterocycles. The number of phosphoric ester groups is 1. The van der Waals surface area contributed by atoms with Gasteiger partial charge in [-0.15, -0.1) is 0 Å². The van der Waals surface area contributed by atoms with Crippen molar-refractivity contribution >= 4 is 19.8 Å². The van der Waals surface area contributed by atoms with Crippen molar-refractivity contribution in [3.63, 3.8) is 0 Å². The predicted molar refractivity (Wildman–Crippen MR) is 231 cm³/mol. The molecule has 0 aliphatic carbocycles. The molecule has 0 fully saturated rings. The van der Waals surface area contributed by atoms with E-state index in [1.807, 2.05) is 21.1 Å². The van der Waals surface area contributed by atoms with E-state index in [4.69, 9.17) is 18.5 Å². The van der Waals surface area contributed by atoms with E-state index in [2.05, 4.69) is 74.6 Å². The zero-order valence-electron chi connectivity index (χ0n) is 36.3. The van der Waals surface area contributed by atoms with E-state index in [9.17, 15) is 19.0 Å². The SMILES string of the molecule is CC/C=C\C/C=C\C/C=C\C/C=C\CCCCC(=O)OC(COC(=O)CCCCCCCCC/C=C\CCCCCCCC)COP(=O)([O-])OCC[N+](C)(C)C. The van der Waals surface area contributed by atoms with E-state index in [0.717, 1.165) is 70.6 Å². The first-order chi connectivity index (χ1) is 27.0. The largest absolute Gasteiger partial charge is 0.756 e. The van der Waals surface area contributed by atoms with Gasteiger partial charge in [-0.05, 0) is 77.0 Å². The first-order valence-electron chi connectivity index (χ1n) is 22.0. The maximum Gasteiger partial charge on any atom is 0.306 e. The second-order valence-corrected chi connectivity index (χ2v) is 17.1. The molecule has 0 spiro atoms. The van der Waals surface area contributed by atoms with Crippen LogP contribution >= 0.6 is 7.82 Å². The van der Waals surface area contributed by atoms with Crippen molar-refractivity contribution in [1.29, 1.82) is 0 Å². The lowest BCUT2D eigenvalue weighted by Crippen LogP contribution is -2.37. The molecular formula is C46H82NO8P. The topological polar surface area (TPSA) is 111 Å². The molecule has 0 saturated carbocycles. The molecule has 0 rings (SSSR count). The molecule has 10 heteroatoms. The third kappa shape index (κ3) is 41.3. The zero-order valence-corrected chi connectivity index (χ0v) is 37.2. The van der Waals surface area contributed by atoms with Crippen molar-refractivity contribution in [3.05, 3.63) is 60.8 Å². The number of likely N-dealkylation sites (N-methyl/N-ethyl adjacent to an activating group) is 1. The summed E-state index contributed by atoms with van der Waals surface area (Å²) in [6.07, 6.45) is 45.4. The van der Waals surface area contributed by atoms with Crippen LogP contribution in [0.1, 0.15) is 168 Å². The van der Waals surface area contributed by atoms with E-state index in [1.165, 1.54) is 64.2 Å². The van der Waals surface area contributed by atoms with Crippen LogP contribution in [-0.2, 0) is 32.7 Å². The maximum atomic E-state index is 12.6. The molecule has 0 radical (unpaired) electrons. The fourth-order valence-corrected chi connectivity index (χ4v) is 6.31. The lowest BCUT2D eigenvalue weighted by Gasteiger charge is -2.28. The van der Waals surface area contributed by atoms with Crippen molar-refractivity contribution in [1.82, 2.24) is 0 Å². The van der Waals surface area contributed by atoms with Gasteiger partial charge in [0.25, 0.3) is 7.82 Å². The summed E-state index contributed by atoms with van der Waals surface area (Å²) in [7, 11) is 1.13. The van der Waals surface area contributed by atoms with Crippen molar-refractivity contribution < 1.29 is 42.1 Å². The third-order valence-electron chi connectivity index (χ3n) is 9.02. The number of nitrogens with zero attached hydrogens (tertiary/aromatic N) is 1. The minimum absolute atomic E-state index is 0.0420. The lowest BCUT2D eigenvalue weighted by molar-refractivity contribution is -0.870. The van der Waals surface area contributed by atoms with E-state index < -0.39 is 32.5 Å². The van der Waals surface area contributed by atoms with E-state index in [0.29, 0.717) is 17.4 Å². The molecule has 2 atom stereocenters. The van der Waals surface area contributed by atoms with Crippen LogP contribution in [0.5, 0.6) is 0 Å². The van der Waals surface area contributed by atoms with E-state index in [1.54, 1.807) is 0 Å². The first kappa shape index (κ1) is 53.7. The molecule has 9 nitrogen and oxygen atoms in total. The third-order valence-corrected chi connectivity index (χ3v) is 9.99. The highest BCUT2D eigenvalue weighted by atomic mass is 31.2. The minimum Gasteiger partial charge on any atom is -0.756 e. The lowest BCUT2D eigenvalue weighted by atomic mass is 10.1. The fourth-order valence-electron chi connectivity index (χ4n) is 5.58. The van der Waals surface area contributed by atoms with Crippen molar-refractivity contribution in [2.75, 3.05) is 47.5 Å². The van der Waals surface area contributed by atoms with Gasteiger partial charge in [-0.3, -0.25) is 14.2 Å². The molecule has 0 aliphatic rings. The van der Waals surface area contributed by atoms with Gasteiger partial charge in [-0.2, -0.15) is 0 Å². The van der Waals surface area contributed by atoms with Crippen LogP contribution in [0.4, 0.5) is 0 Å². The number of phosphoric acid groups is 1. The highest BCUT2D eigenvalue weighted by molar-refractivity contribution is 7.45. The first-order valence-corrected chi connectivity index (χ1v) is 23.5. The number of carbonyl (C=O) groups is 2. The zero-order chi connectivity index (χ0) is 41.4. The monoisotopic (exact) mass is 808 g/mol. The average Bonchev–Trinajstić information content (AvgIpc) is 3.15. The number of carbonyl (C=O) groups excluding carboxylic acids is 2. The van der Waals surface area contributed by atoms with Gasteiger partial charge in [0.1, 0.15) is 19.8 Å². The quantitative estimate of drug-likeness (QED) is 0.0198. The van der Waals surface area contributed by atoms with Gasteiger partial charge < -0.3 is 27.9 Å². The normalized spacial score (nSPS) is 14.2. The highest BCUT2D eigenvalue weighted by Crippen LogP contribution is 2.38. The van der Waals surface area contributed by atoms with E-state index in [-0.39, 0.29) is 26.1 Å². The summed E-state index contributed by atoms with van der Waals surface area (Å²) in [5.74, 6) is -0.892. The summed E-state index contributed by atoms with van der Waals surface area (Å²) in [4.78, 5) is 37.5. The number of ether oxygens (including phenoxy) is 2. The Balaban J connectivity index is 4.43. The average molecular weight is 808 g/mol. The van der Waals surface area contributed by atoms with Crippen LogP contribution in [0.3, 0.4) is 0 Å². The summed E-state index contributed by atoms with van der Waals surface area (Å²) >= 11 is 0. The van der Waals surface area contributed by atoms with Crippen LogP contribution in [0, 0.1) is 0 Å². The fraction of sp³-hybridized carbons (Fsp3) is 0.739. The summed E-state index contributed by atoms with van der Waals surface area (Å²) < 4.78 is 33.8. The Kier molecular flexibility index (Phi) is 36.7. The summed E-state index contributed by atoms with van der Waals surface area (Å²) in [6.45, 7) is 4.04. The van der Waals surface area contributed by atoms with Gasteiger partial charge in [0.05, 0.1) is 27.7 Å². The molecule has 0 heterocycles. The smallest absolute Gasteiger partial charge is 0.306 e. The van der Waals surface area contributed by atoms with Crippen LogP contribution in [0.15, 0.2) is 60.8 Å². The molecule has 324 valence electrons. The Bertz CT molecular complexity index is 1140. The molecule has 0 amide bonds. The molecule has 2 unspecified atom stereocenters. The molecule has 56 heavy (non-hydrogen) atoms. The Morgan fingerprint density at radius 1 is 0.571 bits per heavy atom. The Morgan fingerprint density at radius 2 is 1.02 bits per heavy atom. The number of esters is 2. The number of hydrogen-bond acceptors (Lipinski definition) is 8. The van der Waals surface area contributed by atoms with Crippen LogP contribution < -0.4 is 4.89 Å². The Morgan fingerprint density at radius 3 is 1.57 bits per heavy atom. The van der Waals surface area contributed by atoms with Gasteiger partial charge in [0.2, 0.25) is 0 Å². The Hall–Kier alpha value is -2.29. The van der Waals surface area contributed by atoms with Gasteiger partial charge in [0, 0.05) is 12.8 Å². The van der Waals surface area contributed by atoms with Crippen molar-refractivity contribution in [2.45, 2.75) is 174 Å². The number of allylic oxidation sites excluding steroid dienone is 10. The molecular weight excluding hydrogens is 725 g/mol. The standard InChI is InChI=1S/C46H82NO8P/c1-6-8-10-12-14-16-18-20-22-23-25-26-28-30-32-34-36-38-45(48)52-42-44(43-54-56(50,51)53-41-40-47(3,4)5)55-46(49)39-37-35-33-31-29-27-24-21-19-17-15-13-11-9-7-2/h9,11,15,17,20-22,24,29,31,44H,6-8,10,12-14,16,18-19,23,25-28,30,32-43H2,1-5H3/b11-9-,17-15-,22-20-,24-21-,31-29-.